The van der Waals surface area contributed by atoms with Crippen LogP contribution in [0.15, 0.2) is 21.6 Å². The van der Waals surface area contributed by atoms with Gasteiger partial charge in [-0.15, -0.1) is 10.2 Å². The summed E-state index contributed by atoms with van der Waals surface area (Å²) in [5.74, 6) is 1.09. The van der Waals surface area contributed by atoms with Crippen molar-refractivity contribution in [2.24, 2.45) is 0 Å². The largest absolute Gasteiger partial charge is 0.423 e. The maximum absolute atomic E-state index is 12.0. The van der Waals surface area contributed by atoms with Crippen LogP contribution in [-0.4, -0.2) is 19.3 Å². The maximum atomic E-state index is 12.0. The second-order valence-electron chi connectivity index (χ2n) is 4.29. The van der Waals surface area contributed by atoms with Gasteiger partial charge in [0.15, 0.2) is 0 Å². The Bertz CT molecular complexity index is 576. The van der Waals surface area contributed by atoms with Crippen molar-refractivity contribution in [2.75, 3.05) is 0 Å². The zero-order valence-electron chi connectivity index (χ0n) is 9.67. The van der Waals surface area contributed by atoms with Crippen LogP contribution >= 0.6 is 0 Å². The lowest BCUT2D eigenvalue weighted by Gasteiger charge is -1.97. The van der Waals surface area contributed by atoms with E-state index >= 15 is 0 Å². The summed E-state index contributed by atoms with van der Waals surface area (Å²) < 4.78 is 8.76. The van der Waals surface area contributed by atoms with Crippen LogP contribution in [0.3, 0.4) is 0 Å². The van der Waals surface area contributed by atoms with Crippen LogP contribution in [0.2, 0.25) is 0 Å². The van der Waals surface area contributed by atoms with Crippen LogP contribution in [0.4, 0.5) is 0 Å². The standard InChI is InChI=1S/C11H14N4O2/c1-2-9-12-13-10(17-9)7-14-5-6-15(11(14)16)8-3-4-8/h5-6,8H,2-4,7H2,1H3. The van der Waals surface area contributed by atoms with Crippen molar-refractivity contribution in [3.8, 4) is 0 Å². The highest BCUT2D eigenvalue weighted by Crippen LogP contribution is 2.33. The fourth-order valence-corrected chi connectivity index (χ4v) is 1.82. The van der Waals surface area contributed by atoms with Gasteiger partial charge in [-0.2, -0.15) is 0 Å². The molecule has 6 heteroatoms. The van der Waals surface area contributed by atoms with E-state index in [1.54, 1.807) is 15.3 Å². The van der Waals surface area contributed by atoms with Crippen molar-refractivity contribution in [1.82, 2.24) is 19.3 Å². The number of imidazole rings is 1. The Kier molecular flexibility index (Phi) is 2.35. The molecule has 0 aromatic carbocycles. The predicted molar refractivity (Wildman–Crippen MR) is 59.7 cm³/mol. The summed E-state index contributed by atoms with van der Waals surface area (Å²) in [6.07, 6.45) is 6.52. The highest BCUT2D eigenvalue weighted by molar-refractivity contribution is 4.93. The minimum absolute atomic E-state index is 0.00347. The average Bonchev–Trinajstić information content (AvgIpc) is 2.97. The highest BCUT2D eigenvalue weighted by Gasteiger charge is 2.25. The molecule has 17 heavy (non-hydrogen) atoms. The third kappa shape index (κ3) is 1.90. The number of hydrogen-bond acceptors (Lipinski definition) is 4. The first-order chi connectivity index (χ1) is 8.28. The number of aromatic nitrogens is 4. The van der Waals surface area contributed by atoms with Gasteiger partial charge in [0.25, 0.3) is 0 Å². The Morgan fingerprint density at radius 3 is 2.76 bits per heavy atom. The van der Waals surface area contributed by atoms with Crippen molar-refractivity contribution in [2.45, 2.75) is 38.8 Å². The number of hydrogen-bond donors (Lipinski definition) is 0. The summed E-state index contributed by atoms with van der Waals surface area (Å²) in [6, 6.07) is 0.401. The second-order valence-corrected chi connectivity index (χ2v) is 4.29. The Labute approximate surface area is 97.9 Å². The van der Waals surface area contributed by atoms with E-state index < -0.39 is 0 Å². The van der Waals surface area contributed by atoms with Crippen LogP contribution in [-0.2, 0) is 13.0 Å². The molecule has 0 radical (unpaired) electrons. The van der Waals surface area contributed by atoms with Gasteiger partial charge in [-0.3, -0.25) is 9.13 Å². The van der Waals surface area contributed by atoms with Crippen LogP contribution in [0.25, 0.3) is 0 Å². The van der Waals surface area contributed by atoms with Crippen LogP contribution in [0.5, 0.6) is 0 Å². The minimum atomic E-state index is 0.00347. The smallest absolute Gasteiger partial charge is 0.328 e. The van der Waals surface area contributed by atoms with E-state index in [4.69, 9.17) is 4.42 Å². The quantitative estimate of drug-likeness (QED) is 0.790. The SMILES string of the molecule is CCc1nnc(Cn2ccn(C3CC3)c2=O)o1. The molecule has 6 nitrogen and oxygen atoms in total. The molecular weight excluding hydrogens is 220 g/mol. The predicted octanol–water partition coefficient (Wildman–Crippen LogP) is 0.978. The monoisotopic (exact) mass is 234 g/mol. The zero-order valence-corrected chi connectivity index (χ0v) is 9.67. The first kappa shape index (κ1) is 10.3. The van der Waals surface area contributed by atoms with Crippen LogP contribution < -0.4 is 5.69 Å². The lowest BCUT2D eigenvalue weighted by atomic mass is 10.5. The molecule has 2 aromatic heterocycles. The minimum Gasteiger partial charge on any atom is -0.423 e. The zero-order chi connectivity index (χ0) is 11.8. The summed E-state index contributed by atoms with van der Waals surface area (Å²) in [6.45, 7) is 2.30. The normalized spacial score (nSPS) is 15.4. The molecule has 0 bridgehead atoms. The van der Waals surface area contributed by atoms with Gasteiger partial charge in [-0.25, -0.2) is 4.79 Å². The first-order valence-electron chi connectivity index (χ1n) is 5.86. The molecule has 0 saturated heterocycles. The van der Waals surface area contributed by atoms with Crippen molar-refractivity contribution in [1.29, 1.82) is 0 Å². The van der Waals surface area contributed by atoms with Gasteiger partial charge in [-0.05, 0) is 12.8 Å². The molecule has 0 unspecified atom stereocenters. The molecule has 90 valence electrons. The molecule has 1 saturated carbocycles. The molecule has 2 heterocycles. The molecule has 2 aromatic rings. The van der Waals surface area contributed by atoms with Crippen molar-refractivity contribution in [3.63, 3.8) is 0 Å². The molecule has 1 fully saturated rings. The Hall–Kier alpha value is -1.85. The van der Waals surface area contributed by atoms with E-state index in [1.165, 1.54) is 0 Å². The van der Waals surface area contributed by atoms with E-state index in [0.29, 0.717) is 30.8 Å². The van der Waals surface area contributed by atoms with Gasteiger partial charge in [0.05, 0.1) is 0 Å². The summed E-state index contributed by atoms with van der Waals surface area (Å²) >= 11 is 0. The van der Waals surface area contributed by atoms with Crippen LogP contribution in [0.1, 0.15) is 37.6 Å². The van der Waals surface area contributed by atoms with E-state index in [1.807, 2.05) is 13.1 Å². The second kappa shape index (κ2) is 3.87. The maximum Gasteiger partial charge on any atom is 0.328 e. The molecule has 0 aliphatic heterocycles. The molecule has 1 aliphatic rings. The lowest BCUT2D eigenvalue weighted by Crippen LogP contribution is -2.23. The molecule has 1 aliphatic carbocycles. The Morgan fingerprint density at radius 1 is 1.35 bits per heavy atom. The Balaban J connectivity index is 1.82. The van der Waals surface area contributed by atoms with Crippen LogP contribution in [0, 0.1) is 0 Å². The number of nitrogens with zero attached hydrogens (tertiary/aromatic N) is 4. The number of rotatable bonds is 4. The van der Waals surface area contributed by atoms with E-state index in [2.05, 4.69) is 10.2 Å². The molecule has 0 amide bonds. The van der Waals surface area contributed by atoms with Crippen molar-refractivity contribution < 1.29 is 4.42 Å². The summed E-state index contributed by atoms with van der Waals surface area (Å²) in [7, 11) is 0. The van der Waals surface area contributed by atoms with Gasteiger partial charge >= 0.3 is 5.69 Å². The summed E-state index contributed by atoms with van der Waals surface area (Å²) in [4.78, 5) is 12.0. The fourth-order valence-electron chi connectivity index (χ4n) is 1.82. The third-order valence-corrected chi connectivity index (χ3v) is 2.93. The third-order valence-electron chi connectivity index (χ3n) is 2.93. The highest BCUT2D eigenvalue weighted by atomic mass is 16.4. The molecule has 0 N–H and O–H groups in total. The van der Waals surface area contributed by atoms with Gasteiger partial charge in [0.1, 0.15) is 6.54 Å². The van der Waals surface area contributed by atoms with Crippen molar-refractivity contribution in [3.05, 3.63) is 34.7 Å². The topological polar surface area (TPSA) is 65.8 Å². The molecule has 0 atom stereocenters. The summed E-state index contributed by atoms with van der Waals surface area (Å²) in [5.41, 5.74) is 0.00347. The van der Waals surface area contributed by atoms with Gasteiger partial charge in [-0.1, -0.05) is 6.92 Å². The fraction of sp³-hybridized carbons (Fsp3) is 0.545. The van der Waals surface area contributed by atoms with Gasteiger partial charge in [0, 0.05) is 24.9 Å². The number of aryl methyl sites for hydroxylation is 1. The average molecular weight is 234 g/mol. The first-order valence-corrected chi connectivity index (χ1v) is 5.86. The van der Waals surface area contributed by atoms with E-state index in [0.717, 1.165) is 12.8 Å². The van der Waals surface area contributed by atoms with Crippen molar-refractivity contribution >= 4 is 0 Å². The van der Waals surface area contributed by atoms with Gasteiger partial charge in [0.2, 0.25) is 11.8 Å². The summed E-state index contributed by atoms with van der Waals surface area (Å²) in [5, 5.41) is 7.78. The van der Waals surface area contributed by atoms with Gasteiger partial charge < -0.3 is 4.42 Å². The lowest BCUT2D eigenvalue weighted by molar-refractivity contribution is 0.438. The Morgan fingerprint density at radius 2 is 2.12 bits per heavy atom. The molecular formula is C11H14N4O2. The molecule has 3 rings (SSSR count). The van der Waals surface area contributed by atoms with E-state index in [-0.39, 0.29) is 5.69 Å². The molecule has 0 spiro atoms. The van der Waals surface area contributed by atoms with E-state index in [9.17, 15) is 4.79 Å².